The van der Waals surface area contributed by atoms with Crippen molar-refractivity contribution in [1.29, 1.82) is 0 Å². The lowest BCUT2D eigenvalue weighted by Gasteiger charge is -2.15. The fourth-order valence-electron chi connectivity index (χ4n) is 1.63. The van der Waals surface area contributed by atoms with Crippen molar-refractivity contribution in [3.8, 4) is 11.5 Å². The summed E-state index contributed by atoms with van der Waals surface area (Å²) in [6.07, 6.45) is -4.45. The number of benzene rings is 2. The fourth-order valence-corrected chi connectivity index (χ4v) is 2.49. The molecule has 6 heteroatoms. The van der Waals surface area contributed by atoms with E-state index < -0.39 is 11.7 Å². The van der Waals surface area contributed by atoms with Gasteiger partial charge in [-0.3, -0.25) is 0 Å². The van der Waals surface area contributed by atoms with Crippen molar-refractivity contribution in [3.63, 3.8) is 0 Å². The molecule has 0 amide bonds. The van der Waals surface area contributed by atoms with Gasteiger partial charge in [0, 0.05) is 8.90 Å². The highest BCUT2D eigenvalue weighted by molar-refractivity contribution is 14.1. The van der Waals surface area contributed by atoms with E-state index in [2.05, 4.69) is 38.5 Å². The van der Waals surface area contributed by atoms with Gasteiger partial charge in [0.15, 0.2) is 0 Å². The summed E-state index contributed by atoms with van der Waals surface area (Å²) in [5, 5.41) is 0.361. The lowest BCUT2D eigenvalue weighted by Crippen LogP contribution is -2.07. The van der Waals surface area contributed by atoms with Crippen LogP contribution < -0.4 is 4.74 Å². The third kappa shape index (κ3) is 3.88. The van der Waals surface area contributed by atoms with Gasteiger partial charge in [-0.1, -0.05) is 28.1 Å². The van der Waals surface area contributed by atoms with E-state index in [-0.39, 0.29) is 5.75 Å². The minimum Gasteiger partial charge on any atom is -0.457 e. The molecule has 0 aliphatic heterocycles. The van der Waals surface area contributed by atoms with Crippen LogP contribution >= 0.6 is 38.5 Å². The first kappa shape index (κ1) is 15.6. The van der Waals surface area contributed by atoms with Crippen LogP contribution in [0.3, 0.4) is 0 Å². The van der Waals surface area contributed by atoms with Crippen LogP contribution in [0, 0.1) is 3.57 Å². The summed E-state index contributed by atoms with van der Waals surface area (Å²) in [4.78, 5) is 0. The van der Waals surface area contributed by atoms with Gasteiger partial charge >= 0.3 is 6.18 Å². The SMILES string of the molecule is FC(F)(F)c1cc(CBr)ccc1Oc1cccc(I)c1. The molecule has 0 N–H and O–H groups in total. The van der Waals surface area contributed by atoms with E-state index in [0.29, 0.717) is 16.6 Å². The number of halogens is 5. The maximum absolute atomic E-state index is 13.0. The van der Waals surface area contributed by atoms with Crippen LogP contribution in [0.5, 0.6) is 11.5 Å². The summed E-state index contributed by atoms with van der Waals surface area (Å²) in [7, 11) is 0. The van der Waals surface area contributed by atoms with E-state index in [9.17, 15) is 13.2 Å². The Balaban J connectivity index is 2.41. The molecule has 0 saturated carbocycles. The van der Waals surface area contributed by atoms with Gasteiger partial charge in [0.2, 0.25) is 0 Å². The van der Waals surface area contributed by atoms with E-state index in [4.69, 9.17) is 4.74 Å². The van der Waals surface area contributed by atoms with Gasteiger partial charge in [0.25, 0.3) is 0 Å². The monoisotopic (exact) mass is 456 g/mol. The van der Waals surface area contributed by atoms with Gasteiger partial charge < -0.3 is 4.74 Å². The first-order chi connectivity index (χ1) is 9.40. The van der Waals surface area contributed by atoms with E-state index in [1.54, 1.807) is 24.3 Å². The summed E-state index contributed by atoms with van der Waals surface area (Å²) in [6, 6.07) is 10.9. The molecule has 0 aliphatic carbocycles. The molecule has 0 heterocycles. The van der Waals surface area contributed by atoms with E-state index >= 15 is 0 Å². The lowest BCUT2D eigenvalue weighted by molar-refractivity contribution is -0.138. The van der Waals surface area contributed by atoms with E-state index in [1.165, 1.54) is 6.07 Å². The Morgan fingerprint density at radius 3 is 2.45 bits per heavy atom. The van der Waals surface area contributed by atoms with Crippen LogP contribution in [0.4, 0.5) is 13.2 Å². The molecule has 0 radical (unpaired) electrons. The number of rotatable bonds is 3. The molecule has 2 aromatic carbocycles. The van der Waals surface area contributed by atoms with Gasteiger partial charge in [0.05, 0.1) is 5.56 Å². The van der Waals surface area contributed by atoms with Crippen molar-refractivity contribution >= 4 is 38.5 Å². The van der Waals surface area contributed by atoms with Crippen molar-refractivity contribution < 1.29 is 17.9 Å². The molecule has 2 aromatic rings. The molecular formula is C14H9BrF3IO. The highest BCUT2D eigenvalue weighted by Crippen LogP contribution is 2.39. The zero-order valence-electron chi connectivity index (χ0n) is 10.0. The average molecular weight is 457 g/mol. The summed E-state index contributed by atoms with van der Waals surface area (Å²) < 4.78 is 45.4. The van der Waals surface area contributed by atoms with Crippen LogP contribution in [0.1, 0.15) is 11.1 Å². The molecule has 2 rings (SSSR count). The quantitative estimate of drug-likeness (QED) is 0.406. The number of alkyl halides is 4. The van der Waals surface area contributed by atoms with Gasteiger partial charge in [-0.15, -0.1) is 0 Å². The third-order valence-electron chi connectivity index (χ3n) is 2.53. The Morgan fingerprint density at radius 1 is 1.10 bits per heavy atom. The van der Waals surface area contributed by atoms with Crippen LogP contribution in [-0.4, -0.2) is 0 Å². The molecule has 0 aromatic heterocycles. The molecule has 0 saturated heterocycles. The topological polar surface area (TPSA) is 9.23 Å². The Labute approximate surface area is 136 Å². The predicted molar refractivity (Wildman–Crippen MR) is 83.3 cm³/mol. The molecule has 1 nitrogen and oxygen atoms in total. The fraction of sp³-hybridized carbons (Fsp3) is 0.143. The van der Waals surface area contributed by atoms with Crippen LogP contribution in [-0.2, 0) is 11.5 Å². The predicted octanol–water partition coefficient (Wildman–Crippen LogP) is 6.00. The molecule has 0 unspecified atom stereocenters. The lowest BCUT2D eigenvalue weighted by atomic mass is 10.1. The average Bonchev–Trinajstić information content (AvgIpc) is 2.38. The molecule has 0 aliphatic rings. The molecule has 0 atom stereocenters. The standard InChI is InChI=1S/C14H9BrF3IO/c15-8-9-4-5-13(12(6-9)14(16,17)18)20-11-3-1-2-10(19)7-11/h1-7H,8H2. The second-order valence-electron chi connectivity index (χ2n) is 4.02. The van der Waals surface area contributed by atoms with Gasteiger partial charge in [-0.2, -0.15) is 13.2 Å². The van der Waals surface area contributed by atoms with Crippen molar-refractivity contribution in [2.45, 2.75) is 11.5 Å². The smallest absolute Gasteiger partial charge is 0.419 e. The van der Waals surface area contributed by atoms with Gasteiger partial charge in [-0.25, -0.2) is 0 Å². The number of hydrogen-bond donors (Lipinski definition) is 0. The first-order valence-corrected chi connectivity index (χ1v) is 7.79. The minimum atomic E-state index is -4.45. The largest absolute Gasteiger partial charge is 0.457 e. The summed E-state index contributed by atoms with van der Waals surface area (Å²) in [5.41, 5.74) is -0.222. The van der Waals surface area contributed by atoms with Gasteiger partial charge in [-0.05, 0) is 58.5 Å². The van der Waals surface area contributed by atoms with Crippen molar-refractivity contribution in [1.82, 2.24) is 0 Å². The Hall–Kier alpha value is -0.760. The molecule has 0 bridgehead atoms. The summed E-state index contributed by atoms with van der Waals surface area (Å²) >= 11 is 5.23. The van der Waals surface area contributed by atoms with Crippen molar-refractivity contribution in [3.05, 3.63) is 57.2 Å². The molecule has 0 fully saturated rings. The highest BCUT2D eigenvalue weighted by Gasteiger charge is 2.34. The van der Waals surface area contributed by atoms with Crippen LogP contribution in [0.2, 0.25) is 0 Å². The van der Waals surface area contributed by atoms with Crippen molar-refractivity contribution in [2.24, 2.45) is 0 Å². The maximum Gasteiger partial charge on any atom is 0.419 e. The van der Waals surface area contributed by atoms with Gasteiger partial charge in [0.1, 0.15) is 11.5 Å². The zero-order chi connectivity index (χ0) is 14.8. The minimum absolute atomic E-state index is 0.191. The summed E-state index contributed by atoms with van der Waals surface area (Å²) in [5.74, 6) is 0.193. The Kier molecular flexibility index (Phi) is 4.95. The van der Waals surface area contributed by atoms with Crippen LogP contribution in [0.25, 0.3) is 0 Å². The normalized spacial score (nSPS) is 11.4. The Bertz CT molecular complexity index is 614. The molecule has 0 spiro atoms. The van der Waals surface area contributed by atoms with E-state index in [1.807, 2.05) is 6.07 Å². The third-order valence-corrected chi connectivity index (χ3v) is 3.85. The number of ether oxygens (including phenoxy) is 1. The van der Waals surface area contributed by atoms with E-state index in [0.717, 1.165) is 9.64 Å². The zero-order valence-corrected chi connectivity index (χ0v) is 13.8. The maximum atomic E-state index is 13.0. The molecular weight excluding hydrogens is 448 g/mol. The molecule has 106 valence electrons. The molecule has 20 heavy (non-hydrogen) atoms. The second-order valence-corrected chi connectivity index (χ2v) is 5.83. The highest BCUT2D eigenvalue weighted by atomic mass is 127. The number of hydrogen-bond acceptors (Lipinski definition) is 1. The van der Waals surface area contributed by atoms with Crippen molar-refractivity contribution in [2.75, 3.05) is 0 Å². The summed E-state index contributed by atoms with van der Waals surface area (Å²) in [6.45, 7) is 0. The second kappa shape index (κ2) is 6.34. The van der Waals surface area contributed by atoms with Crippen LogP contribution in [0.15, 0.2) is 42.5 Å². The Morgan fingerprint density at radius 2 is 1.85 bits per heavy atom. The first-order valence-electron chi connectivity index (χ1n) is 5.59.